The van der Waals surface area contributed by atoms with Gasteiger partial charge in [0.15, 0.2) is 0 Å². The molecule has 0 aliphatic carbocycles. The molecule has 1 aromatic rings. The molecule has 0 saturated carbocycles. The molecule has 0 aliphatic heterocycles. The summed E-state index contributed by atoms with van der Waals surface area (Å²) in [7, 11) is -2.77. The zero-order valence-corrected chi connectivity index (χ0v) is 13.5. The summed E-state index contributed by atoms with van der Waals surface area (Å²) in [4.78, 5) is 22.3. The van der Waals surface area contributed by atoms with Crippen molar-refractivity contribution in [2.45, 2.75) is 18.7 Å². The summed E-state index contributed by atoms with van der Waals surface area (Å²) in [6, 6.07) is 1.32. The first-order chi connectivity index (χ1) is 9.75. The Labute approximate surface area is 127 Å². The number of hydrogen-bond donors (Lipinski definition) is 1. The van der Waals surface area contributed by atoms with Gasteiger partial charge in [0.2, 0.25) is 10.0 Å². The maximum Gasteiger partial charge on any atom is 0.349 e. The Morgan fingerprint density at radius 3 is 2.57 bits per heavy atom. The van der Waals surface area contributed by atoms with E-state index >= 15 is 0 Å². The number of thiophene rings is 1. The molecule has 1 N–H and O–H groups in total. The van der Waals surface area contributed by atoms with E-state index in [4.69, 9.17) is 5.11 Å². The molecule has 0 spiro atoms. The van der Waals surface area contributed by atoms with E-state index in [0.717, 1.165) is 15.6 Å². The number of carboxylic acids is 1. The average Bonchev–Trinajstić information content (AvgIpc) is 2.93. The van der Waals surface area contributed by atoms with Gasteiger partial charge in [0.05, 0.1) is 13.0 Å². The third-order valence-electron chi connectivity index (χ3n) is 2.87. The van der Waals surface area contributed by atoms with Crippen LogP contribution < -0.4 is 0 Å². The minimum absolute atomic E-state index is 0.0149. The van der Waals surface area contributed by atoms with Gasteiger partial charge in [-0.2, -0.15) is 4.31 Å². The minimum atomic E-state index is -3.94. The summed E-state index contributed by atoms with van der Waals surface area (Å²) < 4.78 is 30.7. The van der Waals surface area contributed by atoms with Crippen LogP contribution in [-0.2, 0) is 19.6 Å². The lowest BCUT2D eigenvalue weighted by Crippen LogP contribution is -2.37. The van der Waals surface area contributed by atoms with Gasteiger partial charge in [0.25, 0.3) is 0 Å². The Morgan fingerprint density at radius 1 is 1.48 bits per heavy atom. The van der Waals surface area contributed by atoms with Crippen LogP contribution in [0.4, 0.5) is 0 Å². The van der Waals surface area contributed by atoms with E-state index in [1.165, 1.54) is 25.5 Å². The first-order valence-corrected chi connectivity index (χ1v) is 8.46. The number of nitrogens with zero attached hydrogens (tertiary/aromatic N) is 1. The van der Waals surface area contributed by atoms with Gasteiger partial charge >= 0.3 is 11.9 Å². The van der Waals surface area contributed by atoms with E-state index in [1.807, 2.05) is 0 Å². The van der Waals surface area contributed by atoms with Crippen LogP contribution >= 0.6 is 11.3 Å². The summed E-state index contributed by atoms with van der Waals surface area (Å²) in [5, 5.41) is 10.4. The van der Waals surface area contributed by atoms with Gasteiger partial charge in [0, 0.05) is 13.1 Å². The molecule has 1 rings (SSSR count). The van der Waals surface area contributed by atoms with Crippen LogP contribution in [0.25, 0.3) is 0 Å². The molecule has 0 saturated heterocycles. The van der Waals surface area contributed by atoms with Crippen LogP contribution in [0.2, 0.25) is 0 Å². The number of hydrogen-bond acceptors (Lipinski definition) is 6. The Bertz CT molecular complexity index is 621. The van der Waals surface area contributed by atoms with Crippen molar-refractivity contribution < 1.29 is 27.9 Å². The molecule has 9 heteroatoms. The molecule has 0 amide bonds. The summed E-state index contributed by atoms with van der Waals surface area (Å²) in [5.41, 5.74) is 0. The smallest absolute Gasteiger partial charge is 0.349 e. The largest absolute Gasteiger partial charge is 0.481 e. The molecule has 1 aromatic heterocycles. The van der Waals surface area contributed by atoms with Crippen LogP contribution in [0.1, 0.15) is 23.5 Å². The first-order valence-electron chi connectivity index (χ1n) is 6.14. The molecule has 21 heavy (non-hydrogen) atoms. The molecule has 0 aliphatic rings. The van der Waals surface area contributed by atoms with E-state index in [9.17, 15) is 18.0 Å². The van der Waals surface area contributed by atoms with Gasteiger partial charge in [-0.15, -0.1) is 11.3 Å². The van der Waals surface area contributed by atoms with E-state index in [1.54, 1.807) is 6.92 Å². The number of carbonyl (C=O) groups excluding carboxylic acids is 1. The van der Waals surface area contributed by atoms with Crippen molar-refractivity contribution in [1.29, 1.82) is 0 Å². The average molecular weight is 335 g/mol. The number of esters is 1. The number of carboxylic acid groups (broad SMARTS) is 1. The predicted molar refractivity (Wildman–Crippen MR) is 76.9 cm³/mol. The van der Waals surface area contributed by atoms with Crippen molar-refractivity contribution >= 4 is 33.3 Å². The van der Waals surface area contributed by atoms with E-state index in [0.29, 0.717) is 0 Å². The maximum atomic E-state index is 12.6. The monoisotopic (exact) mass is 335 g/mol. The minimum Gasteiger partial charge on any atom is -0.481 e. The quantitative estimate of drug-likeness (QED) is 0.753. The molecular formula is C12H17NO6S2. The standard InChI is InChI=1S/C12H17NO6S2/c1-4-13(7-8(2)11(14)15)21(17,18)9-5-6-20-10(9)12(16)19-3/h5-6,8H,4,7H2,1-3H3,(H,14,15). The molecule has 0 fully saturated rings. The van der Waals surface area contributed by atoms with Crippen LogP contribution in [0.3, 0.4) is 0 Å². The van der Waals surface area contributed by atoms with Crippen LogP contribution in [0, 0.1) is 5.92 Å². The summed E-state index contributed by atoms with van der Waals surface area (Å²) >= 11 is 0.965. The third-order valence-corrected chi connectivity index (χ3v) is 5.88. The van der Waals surface area contributed by atoms with Gasteiger partial charge in [-0.1, -0.05) is 13.8 Å². The molecule has 1 heterocycles. The number of aliphatic carboxylic acids is 1. The molecule has 0 bridgehead atoms. The second kappa shape index (κ2) is 7.01. The lowest BCUT2D eigenvalue weighted by atomic mass is 10.2. The fourth-order valence-electron chi connectivity index (χ4n) is 1.66. The number of methoxy groups -OCH3 is 1. The van der Waals surface area contributed by atoms with Gasteiger partial charge < -0.3 is 9.84 Å². The molecule has 0 radical (unpaired) electrons. The summed E-state index contributed by atoms with van der Waals surface area (Å²) in [5.74, 6) is -2.66. The molecule has 0 aromatic carbocycles. The van der Waals surface area contributed by atoms with Crippen LogP contribution in [0.5, 0.6) is 0 Å². The lowest BCUT2D eigenvalue weighted by molar-refractivity contribution is -0.141. The lowest BCUT2D eigenvalue weighted by Gasteiger charge is -2.22. The van der Waals surface area contributed by atoms with Crippen molar-refractivity contribution in [3.8, 4) is 0 Å². The van der Waals surface area contributed by atoms with Crippen molar-refractivity contribution in [2.75, 3.05) is 20.2 Å². The number of sulfonamides is 1. The van der Waals surface area contributed by atoms with Crippen molar-refractivity contribution in [2.24, 2.45) is 5.92 Å². The molecule has 1 atom stereocenters. The van der Waals surface area contributed by atoms with Crippen molar-refractivity contribution in [1.82, 2.24) is 4.31 Å². The van der Waals surface area contributed by atoms with Gasteiger partial charge in [-0.05, 0) is 11.4 Å². The van der Waals surface area contributed by atoms with Crippen LogP contribution in [0.15, 0.2) is 16.3 Å². The Kier molecular flexibility index (Phi) is 5.87. The highest BCUT2D eigenvalue weighted by Crippen LogP contribution is 2.26. The van der Waals surface area contributed by atoms with Crippen LogP contribution in [-0.4, -0.2) is 50.0 Å². The third kappa shape index (κ3) is 3.80. The maximum absolute atomic E-state index is 12.6. The van der Waals surface area contributed by atoms with E-state index in [2.05, 4.69) is 4.74 Å². The zero-order chi connectivity index (χ0) is 16.2. The fourth-order valence-corrected chi connectivity index (χ4v) is 4.51. The van der Waals surface area contributed by atoms with E-state index < -0.39 is 27.9 Å². The van der Waals surface area contributed by atoms with Gasteiger partial charge in [-0.3, -0.25) is 4.79 Å². The number of rotatable bonds is 7. The fraction of sp³-hybridized carbons (Fsp3) is 0.500. The molecule has 118 valence electrons. The highest BCUT2D eigenvalue weighted by atomic mass is 32.2. The summed E-state index contributed by atoms with van der Waals surface area (Å²) in [6.45, 7) is 2.98. The predicted octanol–water partition coefficient (Wildman–Crippen LogP) is 1.27. The number of ether oxygens (including phenoxy) is 1. The van der Waals surface area contributed by atoms with Crippen molar-refractivity contribution in [3.05, 3.63) is 16.3 Å². The first kappa shape index (κ1) is 17.6. The molecular weight excluding hydrogens is 318 g/mol. The number of carbonyl (C=O) groups is 2. The zero-order valence-electron chi connectivity index (χ0n) is 11.9. The Morgan fingerprint density at radius 2 is 2.10 bits per heavy atom. The van der Waals surface area contributed by atoms with Gasteiger partial charge in [0.1, 0.15) is 9.77 Å². The normalized spacial score (nSPS) is 13.1. The Hall–Kier alpha value is -1.45. The highest BCUT2D eigenvalue weighted by molar-refractivity contribution is 7.89. The topological polar surface area (TPSA) is 101 Å². The second-order valence-corrected chi connectivity index (χ2v) is 7.12. The van der Waals surface area contributed by atoms with E-state index in [-0.39, 0.29) is 22.9 Å². The second-order valence-electron chi connectivity index (χ2n) is 4.30. The SMILES string of the molecule is CCN(CC(C)C(=O)O)S(=O)(=O)c1ccsc1C(=O)OC. The molecule has 7 nitrogen and oxygen atoms in total. The molecule has 1 unspecified atom stereocenters. The van der Waals surface area contributed by atoms with Crippen molar-refractivity contribution in [3.63, 3.8) is 0 Å². The summed E-state index contributed by atoms with van der Waals surface area (Å²) in [6.07, 6.45) is 0. The van der Waals surface area contributed by atoms with Gasteiger partial charge in [-0.25, -0.2) is 13.2 Å². The highest BCUT2D eigenvalue weighted by Gasteiger charge is 2.31. The Balaban J connectivity index is 3.17.